The van der Waals surface area contributed by atoms with Crippen LogP contribution < -0.4 is 41.5 Å². The summed E-state index contributed by atoms with van der Waals surface area (Å²) in [5, 5.41) is 2.90. The Morgan fingerprint density at radius 3 is 1.07 bits per heavy atom. The van der Waals surface area contributed by atoms with Crippen LogP contribution in [0.2, 0.25) is 39.3 Å². The van der Waals surface area contributed by atoms with E-state index in [0.29, 0.717) is 0 Å². The highest BCUT2D eigenvalue weighted by atomic mass is 28.3. The third-order valence-electron chi connectivity index (χ3n) is 17.7. The van der Waals surface area contributed by atoms with E-state index in [1.165, 1.54) is 82.9 Å². The van der Waals surface area contributed by atoms with Crippen LogP contribution in [-0.4, -0.2) is 22.9 Å². The van der Waals surface area contributed by atoms with Gasteiger partial charge in [-0.1, -0.05) is 252 Å². The minimum Gasteiger partial charge on any atom is -0.311 e. The largest absolute Gasteiger partial charge is 0.311 e. The van der Waals surface area contributed by atoms with E-state index in [9.17, 15) is 0 Å². The standard InChI is InChI=1S/C74H82BN3Si2/c1-71(2,3)51-27-33-59(34-28-51)77-66-45-31-55(72(4,5)6)47-64(66)75-65-48-56(74(9,10)53-25-21-18-22-26-53)32-46-67(65)78(60-35-29-54(30-36-60)73(7,8)52-23-19-17-20-24-52)69-50-61(49-68(77)70(69)75)76(57-37-41-62(42-38-57)79(11,12)13)58-39-43-63(44-40-58)80(14,15)16/h17-50H,1-16H3. The second-order valence-electron chi connectivity index (χ2n) is 28.1. The molecule has 0 amide bonds. The molecule has 0 N–H and O–H groups in total. The van der Waals surface area contributed by atoms with Crippen molar-refractivity contribution in [2.45, 2.75) is 130 Å². The van der Waals surface area contributed by atoms with Gasteiger partial charge < -0.3 is 14.7 Å². The Bertz CT molecular complexity index is 3670. The molecule has 2 aliphatic rings. The van der Waals surface area contributed by atoms with Crippen LogP contribution in [-0.2, 0) is 21.7 Å². The van der Waals surface area contributed by atoms with Crippen LogP contribution in [0.15, 0.2) is 206 Å². The number of hydrogen-bond donors (Lipinski definition) is 0. The summed E-state index contributed by atoms with van der Waals surface area (Å²) in [5.41, 5.74) is 21.7. The first-order valence-electron chi connectivity index (χ1n) is 29.1. The fourth-order valence-electron chi connectivity index (χ4n) is 12.4. The van der Waals surface area contributed by atoms with Crippen molar-refractivity contribution in [2.24, 2.45) is 0 Å². The summed E-state index contributed by atoms with van der Waals surface area (Å²) in [7, 11) is -3.21. The maximum absolute atomic E-state index is 2.60. The monoisotopic (exact) mass is 1080 g/mol. The molecule has 9 aromatic rings. The Kier molecular flexibility index (Phi) is 13.6. The average Bonchev–Trinajstić information content (AvgIpc) is 3.22. The molecule has 0 atom stereocenters. The van der Waals surface area contributed by atoms with Crippen LogP contribution in [0.25, 0.3) is 0 Å². The third-order valence-corrected chi connectivity index (χ3v) is 21.8. The van der Waals surface area contributed by atoms with Crippen molar-refractivity contribution in [1.29, 1.82) is 0 Å². The Labute approximate surface area is 482 Å². The second-order valence-corrected chi connectivity index (χ2v) is 38.2. The quantitative estimate of drug-likeness (QED) is 0.120. The minimum absolute atomic E-state index is 0.00197. The first-order chi connectivity index (χ1) is 37.7. The van der Waals surface area contributed by atoms with Gasteiger partial charge >= 0.3 is 0 Å². The second kappa shape index (κ2) is 19.8. The summed E-state index contributed by atoms with van der Waals surface area (Å²) in [6, 6.07) is 79.9. The fraction of sp³-hybridized carbons (Fsp3) is 0.270. The summed E-state index contributed by atoms with van der Waals surface area (Å²) >= 11 is 0. The maximum atomic E-state index is 2.60. The normalized spacial score (nSPS) is 13.7. The predicted molar refractivity (Wildman–Crippen MR) is 356 cm³/mol. The smallest absolute Gasteiger partial charge is 0.252 e. The van der Waals surface area contributed by atoms with Crippen molar-refractivity contribution in [3.63, 3.8) is 0 Å². The number of fused-ring (bicyclic) bond motifs is 4. The molecule has 6 heteroatoms. The topological polar surface area (TPSA) is 9.72 Å². The molecule has 0 bridgehead atoms. The zero-order valence-corrected chi connectivity index (χ0v) is 52.5. The van der Waals surface area contributed by atoms with E-state index >= 15 is 0 Å². The van der Waals surface area contributed by atoms with E-state index in [1.54, 1.807) is 0 Å². The molecule has 0 radical (unpaired) electrons. The van der Waals surface area contributed by atoms with Crippen molar-refractivity contribution in [3.8, 4) is 0 Å². The van der Waals surface area contributed by atoms with Gasteiger partial charge in [0.1, 0.15) is 0 Å². The Morgan fingerprint density at radius 1 is 0.325 bits per heavy atom. The zero-order valence-electron chi connectivity index (χ0n) is 50.5. The van der Waals surface area contributed by atoms with Crippen LogP contribution in [0.1, 0.15) is 103 Å². The molecule has 0 fully saturated rings. The lowest BCUT2D eigenvalue weighted by atomic mass is 9.33. The van der Waals surface area contributed by atoms with Gasteiger partial charge in [0.05, 0.1) is 21.8 Å². The number of hydrogen-bond acceptors (Lipinski definition) is 3. The summed E-state index contributed by atoms with van der Waals surface area (Å²) in [4.78, 5) is 7.73. The van der Waals surface area contributed by atoms with E-state index in [-0.39, 0.29) is 28.4 Å². The predicted octanol–water partition coefficient (Wildman–Crippen LogP) is 17.6. The summed E-state index contributed by atoms with van der Waals surface area (Å²) in [6.07, 6.45) is 0. The van der Waals surface area contributed by atoms with E-state index < -0.39 is 16.1 Å². The summed E-state index contributed by atoms with van der Waals surface area (Å²) < 4.78 is 0. The van der Waals surface area contributed by atoms with Gasteiger partial charge in [-0.3, -0.25) is 0 Å². The molecule has 2 aliphatic heterocycles. The average molecular weight is 1080 g/mol. The number of benzene rings is 9. The van der Waals surface area contributed by atoms with Crippen LogP contribution in [0.4, 0.5) is 51.2 Å². The minimum atomic E-state index is -1.60. The molecule has 3 nitrogen and oxygen atoms in total. The third kappa shape index (κ3) is 9.91. The molecule has 9 aromatic carbocycles. The van der Waals surface area contributed by atoms with Gasteiger partial charge in [0.25, 0.3) is 6.71 Å². The van der Waals surface area contributed by atoms with Gasteiger partial charge in [0, 0.05) is 56.3 Å². The van der Waals surface area contributed by atoms with Gasteiger partial charge in [-0.25, -0.2) is 0 Å². The molecular formula is C74H82BN3Si2. The van der Waals surface area contributed by atoms with Gasteiger partial charge in [0.2, 0.25) is 0 Å². The zero-order chi connectivity index (χ0) is 56.9. The number of nitrogens with zero attached hydrogens (tertiary/aromatic N) is 3. The van der Waals surface area contributed by atoms with Crippen molar-refractivity contribution >= 4 is 101 Å². The molecule has 0 unspecified atom stereocenters. The summed E-state index contributed by atoms with van der Waals surface area (Å²) in [6.45, 7) is 38.0. The molecule has 2 heterocycles. The molecule has 0 aromatic heterocycles. The molecular weight excluding hydrogens is 998 g/mol. The Balaban J connectivity index is 1.25. The molecule has 404 valence electrons. The lowest BCUT2D eigenvalue weighted by molar-refractivity contribution is 0.590. The number of anilines is 9. The van der Waals surface area contributed by atoms with E-state index in [2.05, 4.69) is 329 Å². The van der Waals surface area contributed by atoms with Crippen LogP contribution in [0.3, 0.4) is 0 Å². The van der Waals surface area contributed by atoms with E-state index in [0.717, 1.165) is 28.4 Å². The van der Waals surface area contributed by atoms with Crippen LogP contribution in [0, 0.1) is 0 Å². The lowest BCUT2D eigenvalue weighted by Gasteiger charge is -2.46. The number of rotatable bonds is 11. The first kappa shape index (κ1) is 54.8. The Morgan fingerprint density at radius 2 is 0.675 bits per heavy atom. The van der Waals surface area contributed by atoms with Gasteiger partial charge in [-0.05, 0) is 133 Å². The molecule has 0 aliphatic carbocycles. The molecule has 11 rings (SSSR count). The molecule has 80 heavy (non-hydrogen) atoms. The van der Waals surface area contributed by atoms with Crippen LogP contribution in [0.5, 0.6) is 0 Å². The Hall–Kier alpha value is -7.12. The highest BCUT2D eigenvalue weighted by molar-refractivity contribution is 7.00. The van der Waals surface area contributed by atoms with Crippen molar-refractivity contribution in [1.82, 2.24) is 0 Å². The first-order valence-corrected chi connectivity index (χ1v) is 36.1. The highest BCUT2D eigenvalue weighted by Gasteiger charge is 2.45. The van der Waals surface area contributed by atoms with Gasteiger partial charge in [-0.2, -0.15) is 0 Å². The maximum Gasteiger partial charge on any atom is 0.252 e. The van der Waals surface area contributed by atoms with Gasteiger partial charge in [-0.15, -0.1) is 0 Å². The lowest BCUT2D eigenvalue weighted by Crippen LogP contribution is -2.61. The molecule has 0 saturated heterocycles. The van der Waals surface area contributed by atoms with Gasteiger partial charge in [0.15, 0.2) is 0 Å². The SMILES string of the molecule is CC(C)(C)c1ccc(N2c3ccc(C(C)(C)C)cc3B3c4cc(C(C)(C)c5ccccc5)ccc4N(c4ccc(C(C)(C)c5ccccc5)cc4)c4cc(N(c5ccc([Si](C)(C)C)cc5)c5ccc([Si](C)(C)C)cc5)cc2c43)cc1. The molecule has 0 spiro atoms. The van der Waals surface area contributed by atoms with E-state index in [1.807, 2.05) is 0 Å². The van der Waals surface area contributed by atoms with Crippen molar-refractivity contribution in [2.75, 3.05) is 14.7 Å². The summed E-state index contributed by atoms with van der Waals surface area (Å²) in [5.74, 6) is 0. The van der Waals surface area contributed by atoms with Crippen molar-refractivity contribution < 1.29 is 0 Å². The highest BCUT2D eigenvalue weighted by Crippen LogP contribution is 2.49. The molecule has 0 saturated carbocycles. The fourth-order valence-corrected chi connectivity index (χ4v) is 14.7. The van der Waals surface area contributed by atoms with E-state index in [4.69, 9.17) is 0 Å². The van der Waals surface area contributed by atoms with Crippen molar-refractivity contribution in [3.05, 3.63) is 240 Å². The van der Waals surface area contributed by atoms with Crippen LogP contribution >= 0.6 is 0 Å².